The quantitative estimate of drug-likeness (QED) is 0.684. The number of carbonyl (C=O) groups excluding carboxylic acids is 2. The fraction of sp³-hybridized carbons (Fsp3) is 0.318. The summed E-state index contributed by atoms with van der Waals surface area (Å²) >= 11 is 0. The fourth-order valence-electron chi connectivity index (χ4n) is 3.72. The molecular formula is C22H26N4O2. The molecule has 1 aromatic carbocycles. The lowest BCUT2D eigenvalue weighted by molar-refractivity contribution is 0.0778. The molecule has 1 N–H and O–H groups in total. The van der Waals surface area contributed by atoms with Crippen LogP contribution in [0.4, 0.5) is 0 Å². The molecule has 146 valence electrons. The molecule has 0 radical (unpaired) electrons. The Balaban J connectivity index is 1.89. The van der Waals surface area contributed by atoms with Crippen LogP contribution in [0.3, 0.4) is 0 Å². The highest BCUT2D eigenvalue weighted by Crippen LogP contribution is 2.22. The van der Waals surface area contributed by atoms with Gasteiger partial charge in [0.25, 0.3) is 5.91 Å². The highest BCUT2D eigenvalue weighted by Gasteiger charge is 2.24. The number of nitrogens with one attached hydrogen (secondary N) is 1. The van der Waals surface area contributed by atoms with E-state index in [1.54, 1.807) is 11.9 Å². The first-order valence-electron chi connectivity index (χ1n) is 9.28. The van der Waals surface area contributed by atoms with Crippen molar-refractivity contribution in [3.05, 3.63) is 69.8 Å². The first-order chi connectivity index (χ1) is 13.2. The van der Waals surface area contributed by atoms with E-state index in [9.17, 15) is 9.59 Å². The molecular weight excluding hydrogens is 352 g/mol. The average Bonchev–Trinajstić information content (AvgIpc) is 3.11. The molecule has 0 aliphatic carbocycles. The van der Waals surface area contributed by atoms with Crippen molar-refractivity contribution in [3.63, 3.8) is 0 Å². The van der Waals surface area contributed by atoms with Gasteiger partial charge in [-0.1, -0.05) is 18.2 Å². The van der Waals surface area contributed by atoms with Crippen molar-refractivity contribution in [1.82, 2.24) is 19.7 Å². The number of rotatable bonds is 5. The van der Waals surface area contributed by atoms with E-state index >= 15 is 0 Å². The van der Waals surface area contributed by atoms with Gasteiger partial charge in [0.1, 0.15) is 5.69 Å². The van der Waals surface area contributed by atoms with Gasteiger partial charge in [0, 0.05) is 36.1 Å². The minimum atomic E-state index is -0.139. The normalized spacial score (nSPS) is 10.9. The van der Waals surface area contributed by atoms with E-state index in [4.69, 9.17) is 0 Å². The Morgan fingerprint density at radius 2 is 1.75 bits per heavy atom. The molecule has 0 spiro atoms. The molecule has 0 atom stereocenters. The SMILES string of the molecule is CC(=O)c1c(C)[nH]c(C(=O)N(C)Cc2c(C)nn(-c3ccccc3)c2C)c1C. The predicted octanol–water partition coefficient (Wildman–Crippen LogP) is 3.91. The second kappa shape index (κ2) is 7.46. The van der Waals surface area contributed by atoms with Gasteiger partial charge in [0.05, 0.1) is 11.4 Å². The molecule has 0 fully saturated rings. The van der Waals surface area contributed by atoms with Crippen LogP contribution in [-0.2, 0) is 6.54 Å². The summed E-state index contributed by atoms with van der Waals surface area (Å²) in [5.41, 5.74) is 6.41. The number of nitrogens with zero attached hydrogens (tertiary/aromatic N) is 3. The van der Waals surface area contributed by atoms with Gasteiger partial charge in [-0.05, 0) is 52.3 Å². The first-order valence-corrected chi connectivity index (χ1v) is 9.28. The van der Waals surface area contributed by atoms with Crippen molar-refractivity contribution in [2.75, 3.05) is 7.05 Å². The van der Waals surface area contributed by atoms with Gasteiger partial charge >= 0.3 is 0 Å². The number of aromatic amines is 1. The Labute approximate surface area is 165 Å². The van der Waals surface area contributed by atoms with E-state index < -0.39 is 0 Å². The summed E-state index contributed by atoms with van der Waals surface area (Å²) in [5, 5.41) is 4.65. The van der Waals surface area contributed by atoms with E-state index in [0.29, 0.717) is 23.4 Å². The molecule has 3 rings (SSSR count). The largest absolute Gasteiger partial charge is 0.354 e. The monoisotopic (exact) mass is 378 g/mol. The molecule has 0 bridgehead atoms. The van der Waals surface area contributed by atoms with E-state index in [-0.39, 0.29) is 11.7 Å². The lowest BCUT2D eigenvalue weighted by Crippen LogP contribution is -2.27. The second-order valence-electron chi connectivity index (χ2n) is 7.24. The van der Waals surface area contributed by atoms with Gasteiger partial charge in [-0.25, -0.2) is 4.68 Å². The minimum absolute atomic E-state index is 0.0382. The van der Waals surface area contributed by atoms with Gasteiger partial charge in [-0.2, -0.15) is 5.10 Å². The summed E-state index contributed by atoms with van der Waals surface area (Å²) < 4.78 is 1.90. The maximum Gasteiger partial charge on any atom is 0.270 e. The summed E-state index contributed by atoms with van der Waals surface area (Å²) in [6.45, 7) is 9.56. The summed E-state index contributed by atoms with van der Waals surface area (Å²) in [5.74, 6) is -0.178. The smallest absolute Gasteiger partial charge is 0.270 e. The van der Waals surface area contributed by atoms with Gasteiger partial charge in [-0.3, -0.25) is 9.59 Å². The number of Topliss-reactive ketones (excluding diaryl/α,β-unsaturated/α-hetero) is 1. The number of aromatic nitrogens is 3. The summed E-state index contributed by atoms with van der Waals surface area (Å²) in [4.78, 5) is 29.6. The maximum absolute atomic E-state index is 13.0. The van der Waals surface area contributed by atoms with Crippen LogP contribution in [0.15, 0.2) is 30.3 Å². The van der Waals surface area contributed by atoms with Crippen LogP contribution in [0.5, 0.6) is 0 Å². The molecule has 0 saturated heterocycles. The summed E-state index contributed by atoms with van der Waals surface area (Å²) in [7, 11) is 1.77. The van der Waals surface area contributed by atoms with Gasteiger partial charge < -0.3 is 9.88 Å². The van der Waals surface area contributed by atoms with E-state index in [1.165, 1.54) is 6.92 Å². The molecule has 28 heavy (non-hydrogen) atoms. The summed E-state index contributed by atoms with van der Waals surface area (Å²) in [6.07, 6.45) is 0. The minimum Gasteiger partial charge on any atom is -0.354 e. The van der Waals surface area contributed by atoms with Gasteiger partial charge in [0.2, 0.25) is 0 Å². The van der Waals surface area contributed by atoms with Crippen LogP contribution in [0.1, 0.15) is 56.0 Å². The molecule has 0 saturated carbocycles. The second-order valence-corrected chi connectivity index (χ2v) is 7.24. The third-order valence-electron chi connectivity index (χ3n) is 5.19. The molecule has 2 aromatic heterocycles. The highest BCUT2D eigenvalue weighted by molar-refractivity contribution is 6.02. The molecule has 0 unspecified atom stereocenters. The molecule has 3 aromatic rings. The standard InChI is InChI=1S/C22H26N4O2/c1-13-20(17(5)27)15(3)23-21(13)22(28)25(6)12-19-14(2)24-26(16(19)4)18-10-8-7-9-11-18/h7-11,23H,12H2,1-6H3. The van der Waals surface area contributed by atoms with Gasteiger partial charge in [-0.15, -0.1) is 0 Å². The van der Waals surface area contributed by atoms with Crippen molar-refractivity contribution in [3.8, 4) is 5.69 Å². The number of benzene rings is 1. The summed E-state index contributed by atoms with van der Waals surface area (Å²) in [6, 6.07) is 9.94. The number of hydrogen-bond acceptors (Lipinski definition) is 3. The Bertz CT molecular complexity index is 1040. The fourth-order valence-corrected chi connectivity index (χ4v) is 3.72. The number of ketones is 1. The predicted molar refractivity (Wildman–Crippen MR) is 109 cm³/mol. The Morgan fingerprint density at radius 3 is 2.32 bits per heavy atom. The van der Waals surface area contributed by atoms with Crippen LogP contribution in [-0.4, -0.2) is 38.4 Å². The maximum atomic E-state index is 13.0. The van der Waals surface area contributed by atoms with Crippen LogP contribution in [0.2, 0.25) is 0 Å². The van der Waals surface area contributed by atoms with Crippen molar-refractivity contribution in [2.45, 2.75) is 41.2 Å². The van der Waals surface area contributed by atoms with Crippen molar-refractivity contribution in [2.24, 2.45) is 0 Å². The zero-order chi connectivity index (χ0) is 20.6. The van der Waals surface area contributed by atoms with Crippen LogP contribution in [0.25, 0.3) is 5.69 Å². The van der Waals surface area contributed by atoms with Crippen LogP contribution in [0, 0.1) is 27.7 Å². The van der Waals surface area contributed by atoms with Crippen molar-refractivity contribution in [1.29, 1.82) is 0 Å². The average molecular weight is 378 g/mol. The number of hydrogen-bond donors (Lipinski definition) is 1. The Morgan fingerprint density at radius 1 is 1.11 bits per heavy atom. The molecule has 2 heterocycles. The third-order valence-corrected chi connectivity index (χ3v) is 5.19. The van der Waals surface area contributed by atoms with Gasteiger partial charge in [0.15, 0.2) is 5.78 Å². The van der Waals surface area contributed by atoms with E-state index in [1.807, 2.05) is 62.7 Å². The zero-order valence-electron chi connectivity index (χ0n) is 17.3. The highest BCUT2D eigenvalue weighted by atomic mass is 16.2. The number of para-hydroxylation sites is 1. The molecule has 0 aliphatic rings. The molecule has 6 nitrogen and oxygen atoms in total. The molecule has 0 aliphatic heterocycles. The van der Waals surface area contributed by atoms with E-state index in [0.717, 1.165) is 28.3 Å². The lowest BCUT2D eigenvalue weighted by Gasteiger charge is -2.17. The van der Waals surface area contributed by atoms with Crippen molar-refractivity contribution >= 4 is 11.7 Å². The lowest BCUT2D eigenvalue weighted by atomic mass is 10.1. The number of amides is 1. The third kappa shape index (κ3) is 3.38. The number of aryl methyl sites for hydroxylation is 2. The van der Waals surface area contributed by atoms with E-state index in [2.05, 4.69) is 10.1 Å². The van der Waals surface area contributed by atoms with Crippen LogP contribution < -0.4 is 0 Å². The molecule has 1 amide bonds. The topological polar surface area (TPSA) is 71.0 Å². The van der Waals surface area contributed by atoms with Crippen LogP contribution >= 0.6 is 0 Å². The van der Waals surface area contributed by atoms with Crippen molar-refractivity contribution < 1.29 is 9.59 Å². The zero-order valence-corrected chi connectivity index (χ0v) is 17.3. The number of H-pyrrole nitrogens is 1. The first kappa shape index (κ1) is 19.6. The molecule has 6 heteroatoms. The number of carbonyl (C=O) groups is 2. The Hall–Kier alpha value is -3.15. The Kier molecular flexibility index (Phi) is 5.23.